The topological polar surface area (TPSA) is 4.93 Å². The summed E-state index contributed by atoms with van der Waals surface area (Å²) in [6.45, 7) is 4.79. The second kappa shape index (κ2) is 6.82. The van der Waals surface area contributed by atoms with E-state index in [0.29, 0.717) is 0 Å². The van der Waals surface area contributed by atoms with Gasteiger partial charge in [0.1, 0.15) is 0 Å². The number of hydrogen-bond acceptors (Lipinski definition) is 0. The van der Waals surface area contributed by atoms with Crippen molar-refractivity contribution in [3.63, 3.8) is 0 Å². The molecule has 2 aliphatic rings. The van der Waals surface area contributed by atoms with Crippen molar-refractivity contribution in [2.24, 2.45) is 0 Å². The van der Waals surface area contributed by atoms with Crippen molar-refractivity contribution in [3.05, 3.63) is 126 Å². The molecule has 1 nitrogen and oxygen atoms in total. The van der Waals surface area contributed by atoms with Gasteiger partial charge >= 0.3 is 0 Å². The Balaban J connectivity index is 1.55. The molecule has 0 fully saturated rings. The number of benzene rings is 6. The van der Waals surface area contributed by atoms with Gasteiger partial charge in [0, 0.05) is 27.3 Å². The van der Waals surface area contributed by atoms with E-state index in [9.17, 15) is 0 Å². The van der Waals surface area contributed by atoms with Gasteiger partial charge in [-0.3, -0.25) is 0 Å². The van der Waals surface area contributed by atoms with Gasteiger partial charge in [-0.2, -0.15) is 0 Å². The van der Waals surface area contributed by atoms with Crippen LogP contribution in [0.1, 0.15) is 25.0 Å². The van der Waals surface area contributed by atoms with Crippen LogP contribution < -0.4 is 0 Å². The van der Waals surface area contributed by atoms with Gasteiger partial charge in [0.05, 0.1) is 11.0 Å². The standard InChI is InChI=1S/C37H25N/c1-37(2)32-18-9-8-15-25(32)27-19-20-28-31-21-30-24-14-7-6-13-23(24)26-16-10-17-29(33(26)30)35(31)38(36(28)34(27)37)22-11-4-3-5-12-22/h3-21H,1-2H3. The molecule has 1 heteroatoms. The zero-order chi connectivity index (χ0) is 25.2. The average Bonchev–Trinajstić information content (AvgIpc) is 3.55. The number of aromatic nitrogens is 1. The van der Waals surface area contributed by atoms with E-state index >= 15 is 0 Å². The summed E-state index contributed by atoms with van der Waals surface area (Å²) >= 11 is 0. The Morgan fingerprint density at radius 3 is 1.97 bits per heavy atom. The van der Waals surface area contributed by atoms with Crippen LogP contribution in [0.25, 0.3) is 71.6 Å². The maximum absolute atomic E-state index is 2.56. The molecule has 6 aromatic carbocycles. The van der Waals surface area contributed by atoms with Crippen LogP contribution in [0.15, 0.2) is 115 Å². The fourth-order valence-electron chi connectivity index (χ4n) is 7.55. The lowest BCUT2D eigenvalue weighted by molar-refractivity contribution is 0.664. The summed E-state index contributed by atoms with van der Waals surface area (Å²) in [5, 5.41) is 5.36. The van der Waals surface area contributed by atoms with Crippen LogP contribution in [0.3, 0.4) is 0 Å². The fourth-order valence-corrected chi connectivity index (χ4v) is 7.55. The third-order valence-electron chi connectivity index (χ3n) is 9.09. The van der Waals surface area contributed by atoms with Gasteiger partial charge < -0.3 is 4.57 Å². The van der Waals surface area contributed by atoms with Gasteiger partial charge in [-0.05, 0) is 68.1 Å². The summed E-state index contributed by atoms with van der Waals surface area (Å²) in [4.78, 5) is 0. The molecule has 0 saturated carbocycles. The van der Waals surface area contributed by atoms with E-state index < -0.39 is 0 Å². The first-order chi connectivity index (χ1) is 18.6. The maximum Gasteiger partial charge on any atom is 0.0620 e. The van der Waals surface area contributed by atoms with Crippen LogP contribution in [0, 0.1) is 0 Å². The quantitative estimate of drug-likeness (QED) is 0.219. The first-order valence-corrected chi connectivity index (χ1v) is 13.5. The van der Waals surface area contributed by atoms with Gasteiger partial charge in [0.25, 0.3) is 0 Å². The lowest BCUT2D eigenvalue weighted by Crippen LogP contribution is -2.16. The number of hydrogen-bond donors (Lipinski definition) is 0. The van der Waals surface area contributed by atoms with E-state index in [1.54, 1.807) is 0 Å². The highest BCUT2D eigenvalue weighted by Crippen LogP contribution is 2.55. The summed E-state index contributed by atoms with van der Waals surface area (Å²) in [6.07, 6.45) is 0. The Hall–Kier alpha value is -4.62. The van der Waals surface area contributed by atoms with Crippen molar-refractivity contribution in [2.45, 2.75) is 19.3 Å². The smallest absolute Gasteiger partial charge is 0.0620 e. The van der Waals surface area contributed by atoms with Gasteiger partial charge in [-0.15, -0.1) is 0 Å². The molecule has 0 amide bonds. The Bertz CT molecular complexity index is 2140. The molecule has 9 rings (SSSR count). The second-order valence-electron chi connectivity index (χ2n) is 11.3. The number of para-hydroxylation sites is 1. The Morgan fingerprint density at radius 1 is 0.474 bits per heavy atom. The predicted molar refractivity (Wildman–Crippen MR) is 160 cm³/mol. The lowest BCUT2D eigenvalue weighted by Gasteiger charge is -2.23. The molecule has 0 unspecified atom stereocenters. The Kier molecular flexibility index (Phi) is 3.67. The van der Waals surface area contributed by atoms with Crippen LogP contribution in [0.2, 0.25) is 0 Å². The molecular weight excluding hydrogens is 458 g/mol. The summed E-state index contributed by atoms with van der Waals surface area (Å²) in [6, 6.07) is 42.8. The third kappa shape index (κ3) is 2.29. The number of fused-ring (bicyclic) bond motifs is 11. The molecule has 1 heterocycles. The normalized spacial score (nSPS) is 14.3. The summed E-state index contributed by atoms with van der Waals surface area (Å²) in [5.74, 6) is 0. The van der Waals surface area contributed by atoms with E-state index in [0.717, 1.165) is 0 Å². The Labute approximate surface area is 221 Å². The minimum atomic E-state index is -0.0974. The van der Waals surface area contributed by atoms with Crippen LogP contribution in [0.5, 0.6) is 0 Å². The molecule has 178 valence electrons. The van der Waals surface area contributed by atoms with Crippen molar-refractivity contribution >= 4 is 32.6 Å². The van der Waals surface area contributed by atoms with Gasteiger partial charge in [-0.1, -0.05) is 111 Å². The molecular formula is C37H25N. The van der Waals surface area contributed by atoms with Gasteiger partial charge in [0.15, 0.2) is 0 Å². The number of nitrogens with zero attached hydrogens (tertiary/aromatic N) is 1. The minimum absolute atomic E-state index is 0.0974. The van der Waals surface area contributed by atoms with Crippen molar-refractivity contribution in [1.82, 2.24) is 4.57 Å². The Morgan fingerprint density at radius 2 is 1.16 bits per heavy atom. The molecule has 0 radical (unpaired) electrons. The summed E-state index contributed by atoms with van der Waals surface area (Å²) in [7, 11) is 0. The van der Waals surface area contributed by atoms with E-state index in [-0.39, 0.29) is 5.41 Å². The summed E-state index contributed by atoms with van der Waals surface area (Å²) < 4.78 is 2.56. The van der Waals surface area contributed by atoms with Crippen LogP contribution in [-0.2, 0) is 5.41 Å². The molecule has 0 spiro atoms. The predicted octanol–water partition coefficient (Wildman–Crippen LogP) is 9.89. The highest BCUT2D eigenvalue weighted by Gasteiger charge is 2.38. The molecule has 38 heavy (non-hydrogen) atoms. The molecule has 0 aliphatic heterocycles. The third-order valence-corrected chi connectivity index (χ3v) is 9.09. The van der Waals surface area contributed by atoms with Gasteiger partial charge in [-0.25, -0.2) is 0 Å². The highest BCUT2D eigenvalue weighted by molar-refractivity contribution is 6.28. The first kappa shape index (κ1) is 20.4. The first-order valence-electron chi connectivity index (χ1n) is 13.5. The number of rotatable bonds is 1. The molecule has 2 aliphatic carbocycles. The minimum Gasteiger partial charge on any atom is -0.308 e. The molecule has 1 aromatic heterocycles. The van der Waals surface area contributed by atoms with Crippen LogP contribution in [-0.4, -0.2) is 4.57 Å². The van der Waals surface area contributed by atoms with Crippen molar-refractivity contribution in [3.8, 4) is 39.1 Å². The van der Waals surface area contributed by atoms with E-state index in [1.807, 2.05) is 0 Å². The van der Waals surface area contributed by atoms with Crippen molar-refractivity contribution in [2.75, 3.05) is 0 Å². The fraction of sp³-hybridized carbons (Fsp3) is 0.0811. The molecule has 7 aromatic rings. The van der Waals surface area contributed by atoms with E-state index in [4.69, 9.17) is 0 Å². The van der Waals surface area contributed by atoms with Crippen molar-refractivity contribution < 1.29 is 0 Å². The van der Waals surface area contributed by atoms with Gasteiger partial charge in [0.2, 0.25) is 0 Å². The highest BCUT2D eigenvalue weighted by atomic mass is 15.0. The largest absolute Gasteiger partial charge is 0.308 e. The SMILES string of the molecule is CC1(C)c2ccccc2-c2ccc3c4cc5c6c(cccc6c4n(-c4ccccc4)c3c21)-c1ccccc1-5. The average molecular weight is 484 g/mol. The lowest BCUT2D eigenvalue weighted by atomic mass is 9.81. The summed E-state index contributed by atoms with van der Waals surface area (Å²) in [5.41, 5.74) is 14.7. The van der Waals surface area contributed by atoms with E-state index in [1.165, 1.54) is 82.8 Å². The van der Waals surface area contributed by atoms with Crippen molar-refractivity contribution in [1.29, 1.82) is 0 Å². The zero-order valence-corrected chi connectivity index (χ0v) is 21.4. The monoisotopic (exact) mass is 483 g/mol. The zero-order valence-electron chi connectivity index (χ0n) is 21.4. The molecule has 0 N–H and O–H groups in total. The molecule has 0 atom stereocenters. The molecule has 0 bridgehead atoms. The maximum atomic E-state index is 2.56. The van der Waals surface area contributed by atoms with E-state index in [2.05, 4.69) is 134 Å². The second-order valence-corrected chi connectivity index (χ2v) is 11.3. The molecule has 0 saturated heterocycles. The van der Waals surface area contributed by atoms with Crippen LogP contribution >= 0.6 is 0 Å². The van der Waals surface area contributed by atoms with Crippen LogP contribution in [0.4, 0.5) is 0 Å².